The van der Waals surface area contributed by atoms with Gasteiger partial charge in [0.05, 0.1) is 20.3 Å². The van der Waals surface area contributed by atoms with Gasteiger partial charge in [-0.2, -0.15) is 0 Å². The minimum absolute atomic E-state index is 0.0680. The van der Waals surface area contributed by atoms with E-state index in [1.54, 1.807) is 14.2 Å². The Bertz CT molecular complexity index is 1330. The standard InChI is InChI=1S/C33H41NO8/c1-19(35)40-25-12-9-22-10-13-30(38-4)26(15-22)27-16-23(11-14-31(27)39-5)29-18-32(41-20(2)36)33(42-21(3)37)28-8-6-7-24(17-25)34(28)29/h10-11,13-16,24-25,28-29,32-33H,6-9,12,17-18H2,1-5H3/t24-,25+,28?,29+,32+,33-/m0/s1. The number of rotatable bonds is 5. The number of carbonyl (C=O) groups is 3. The SMILES string of the molecule is COc1ccc2cc1-c1cc(ccc1OC)[C@H]1C[C@@H](OC(C)=O)[C@@H](OC(C)=O)C3CCC[C@@H](C[C@H](OC(C)=O)CC2)N31. The Morgan fingerprint density at radius 1 is 0.762 bits per heavy atom. The predicted octanol–water partition coefficient (Wildman–Crippen LogP) is 5.17. The van der Waals surface area contributed by atoms with Crippen LogP contribution in [-0.2, 0) is 35.0 Å². The van der Waals surface area contributed by atoms with E-state index in [2.05, 4.69) is 29.2 Å². The molecule has 9 heteroatoms. The summed E-state index contributed by atoms with van der Waals surface area (Å²) in [5.74, 6) is 0.338. The highest BCUT2D eigenvalue weighted by atomic mass is 16.6. The van der Waals surface area contributed by atoms with Crippen molar-refractivity contribution in [3.05, 3.63) is 47.5 Å². The Hall–Kier alpha value is -3.59. The third-order valence-corrected chi connectivity index (χ3v) is 8.81. The molecule has 0 spiro atoms. The lowest BCUT2D eigenvalue weighted by atomic mass is 9.78. The van der Waals surface area contributed by atoms with Crippen LogP contribution in [0.5, 0.6) is 11.5 Å². The zero-order valence-corrected chi connectivity index (χ0v) is 25.1. The molecule has 5 rings (SSSR count). The number of piperidine rings is 2. The predicted molar refractivity (Wildman–Crippen MR) is 155 cm³/mol. The molecule has 2 saturated heterocycles. The van der Waals surface area contributed by atoms with Gasteiger partial charge >= 0.3 is 17.9 Å². The Morgan fingerprint density at radius 3 is 2.10 bits per heavy atom. The van der Waals surface area contributed by atoms with Gasteiger partial charge < -0.3 is 23.7 Å². The van der Waals surface area contributed by atoms with Crippen molar-refractivity contribution < 1.29 is 38.1 Å². The van der Waals surface area contributed by atoms with Crippen molar-refractivity contribution >= 4 is 17.9 Å². The molecule has 1 unspecified atom stereocenters. The second kappa shape index (κ2) is 12.7. The molecule has 3 aliphatic heterocycles. The number of nitrogens with zero attached hydrogens (tertiary/aromatic N) is 1. The van der Waals surface area contributed by atoms with Gasteiger partial charge in [-0.15, -0.1) is 0 Å². The van der Waals surface area contributed by atoms with Crippen molar-refractivity contribution in [2.24, 2.45) is 0 Å². The molecule has 2 aromatic carbocycles. The normalized spacial score (nSPS) is 27.2. The minimum atomic E-state index is -0.597. The number of aryl methyl sites for hydroxylation is 1. The molecule has 6 atom stereocenters. The fourth-order valence-electron chi connectivity index (χ4n) is 7.25. The number of esters is 3. The van der Waals surface area contributed by atoms with E-state index >= 15 is 0 Å². The Labute approximate surface area is 247 Å². The zero-order valence-electron chi connectivity index (χ0n) is 25.1. The summed E-state index contributed by atoms with van der Waals surface area (Å²) >= 11 is 0. The summed E-state index contributed by atoms with van der Waals surface area (Å²) in [4.78, 5) is 39.2. The topological polar surface area (TPSA) is 101 Å². The second-order valence-electron chi connectivity index (χ2n) is 11.6. The molecule has 0 aliphatic carbocycles. The Kier molecular flexibility index (Phi) is 9.06. The van der Waals surface area contributed by atoms with Gasteiger partial charge in [-0.3, -0.25) is 19.3 Å². The lowest BCUT2D eigenvalue weighted by molar-refractivity contribution is -0.192. The lowest BCUT2D eigenvalue weighted by Gasteiger charge is -2.54. The van der Waals surface area contributed by atoms with Crippen LogP contribution in [0.1, 0.15) is 76.5 Å². The minimum Gasteiger partial charge on any atom is -0.496 e. The number of benzene rings is 2. The second-order valence-corrected chi connectivity index (χ2v) is 11.6. The van der Waals surface area contributed by atoms with Crippen molar-refractivity contribution in [3.63, 3.8) is 0 Å². The van der Waals surface area contributed by atoms with Gasteiger partial charge in [-0.05, 0) is 67.5 Å². The van der Waals surface area contributed by atoms with Gasteiger partial charge in [0.2, 0.25) is 0 Å². The molecule has 9 nitrogen and oxygen atoms in total. The van der Waals surface area contributed by atoms with Crippen LogP contribution in [0.25, 0.3) is 11.1 Å². The number of hydrogen-bond acceptors (Lipinski definition) is 9. The van der Waals surface area contributed by atoms with Crippen molar-refractivity contribution in [2.75, 3.05) is 14.2 Å². The number of methoxy groups -OCH3 is 2. The molecule has 226 valence electrons. The van der Waals surface area contributed by atoms with E-state index in [1.165, 1.54) is 20.8 Å². The van der Waals surface area contributed by atoms with Crippen molar-refractivity contribution in [3.8, 4) is 22.6 Å². The van der Waals surface area contributed by atoms with Crippen LogP contribution in [-0.4, -0.2) is 67.4 Å². The van der Waals surface area contributed by atoms with E-state index in [1.807, 2.05) is 12.1 Å². The summed E-state index contributed by atoms with van der Waals surface area (Å²) < 4.78 is 29.2. The number of carbonyl (C=O) groups excluding carboxylic acids is 3. The maximum atomic E-state index is 12.3. The van der Waals surface area contributed by atoms with Gasteiger partial charge in [0.15, 0.2) is 6.10 Å². The third-order valence-electron chi connectivity index (χ3n) is 8.81. The number of hydrogen-bond donors (Lipinski definition) is 0. The van der Waals surface area contributed by atoms with Crippen LogP contribution in [0.15, 0.2) is 36.4 Å². The summed E-state index contributed by atoms with van der Waals surface area (Å²) in [7, 11) is 3.31. The lowest BCUT2D eigenvalue weighted by Crippen LogP contribution is -2.62. The molecular formula is C33H41NO8. The summed E-state index contributed by atoms with van der Waals surface area (Å²) in [6.45, 7) is 4.24. The van der Waals surface area contributed by atoms with Crippen molar-refractivity contribution in [2.45, 2.75) is 102 Å². The van der Waals surface area contributed by atoms with Crippen molar-refractivity contribution in [1.29, 1.82) is 0 Å². The average molecular weight is 580 g/mol. The first-order valence-corrected chi connectivity index (χ1v) is 14.8. The van der Waals surface area contributed by atoms with Gasteiger partial charge in [0.1, 0.15) is 23.7 Å². The largest absolute Gasteiger partial charge is 0.496 e. The molecule has 0 radical (unpaired) electrons. The fourth-order valence-corrected chi connectivity index (χ4v) is 7.25. The number of fused-ring (bicyclic) bond motifs is 6. The molecule has 3 heterocycles. The smallest absolute Gasteiger partial charge is 0.303 e. The molecule has 2 aromatic rings. The zero-order chi connectivity index (χ0) is 30.0. The summed E-state index contributed by atoms with van der Waals surface area (Å²) in [5, 5.41) is 0. The molecule has 0 N–H and O–H groups in total. The highest BCUT2D eigenvalue weighted by Gasteiger charge is 2.51. The van der Waals surface area contributed by atoms with Crippen LogP contribution >= 0.6 is 0 Å². The summed E-state index contributed by atoms with van der Waals surface area (Å²) in [5.41, 5.74) is 3.96. The van der Waals surface area contributed by atoms with E-state index in [0.29, 0.717) is 19.3 Å². The van der Waals surface area contributed by atoms with Crippen LogP contribution in [0, 0.1) is 0 Å². The van der Waals surface area contributed by atoms with Gasteiger partial charge in [0.25, 0.3) is 0 Å². The van der Waals surface area contributed by atoms with Crippen molar-refractivity contribution in [1.82, 2.24) is 4.90 Å². The maximum Gasteiger partial charge on any atom is 0.303 e. The van der Waals surface area contributed by atoms with E-state index in [9.17, 15) is 14.4 Å². The molecule has 2 fully saturated rings. The first-order chi connectivity index (χ1) is 20.2. The van der Waals surface area contributed by atoms with Crippen LogP contribution in [0.3, 0.4) is 0 Å². The molecule has 0 aromatic heterocycles. The quantitative estimate of drug-likeness (QED) is 0.351. The molecule has 0 amide bonds. The monoisotopic (exact) mass is 579 g/mol. The molecule has 0 saturated carbocycles. The first kappa shape index (κ1) is 29.9. The highest BCUT2D eigenvalue weighted by Crippen LogP contribution is 2.47. The molecule has 3 aliphatic rings. The molecule has 42 heavy (non-hydrogen) atoms. The van der Waals surface area contributed by atoms with E-state index in [0.717, 1.165) is 59.4 Å². The van der Waals surface area contributed by atoms with E-state index in [4.69, 9.17) is 23.7 Å². The fraction of sp³-hybridized carbons (Fsp3) is 0.545. The van der Waals surface area contributed by atoms with Gasteiger partial charge in [0, 0.05) is 50.4 Å². The summed E-state index contributed by atoms with van der Waals surface area (Å²) in [6.07, 6.45) is 3.65. The molecular weight excluding hydrogens is 538 g/mol. The van der Waals surface area contributed by atoms with Gasteiger partial charge in [-0.1, -0.05) is 18.6 Å². The average Bonchev–Trinajstić information content (AvgIpc) is 2.95. The maximum absolute atomic E-state index is 12.3. The Morgan fingerprint density at radius 2 is 1.43 bits per heavy atom. The molecule has 4 bridgehead atoms. The van der Waals surface area contributed by atoms with Crippen LogP contribution in [0.4, 0.5) is 0 Å². The summed E-state index contributed by atoms with van der Waals surface area (Å²) in [6, 6.07) is 12.1. The Balaban J connectivity index is 1.69. The van der Waals surface area contributed by atoms with Crippen LogP contribution in [0.2, 0.25) is 0 Å². The van der Waals surface area contributed by atoms with Gasteiger partial charge in [-0.25, -0.2) is 0 Å². The highest BCUT2D eigenvalue weighted by molar-refractivity contribution is 5.77. The first-order valence-electron chi connectivity index (χ1n) is 14.8. The third kappa shape index (κ3) is 6.26. The van der Waals surface area contributed by atoms with E-state index < -0.39 is 24.1 Å². The number of ether oxygens (including phenoxy) is 5. The van der Waals surface area contributed by atoms with E-state index in [-0.39, 0.29) is 30.2 Å². The van der Waals surface area contributed by atoms with Crippen LogP contribution < -0.4 is 9.47 Å².